The van der Waals surface area contributed by atoms with Crippen molar-refractivity contribution in [3.05, 3.63) is 42.7 Å². The Kier molecular flexibility index (Phi) is 4.02. The molecule has 1 aromatic heterocycles. The summed E-state index contributed by atoms with van der Waals surface area (Å²) in [4.78, 5) is 13.3. The molecule has 2 aromatic rings. The van der Waals surface area contributed by atoms with E-state index in [1.54, 1.807) is 13.0 Å². The maximum absolute atomic E-state index is 12.2. The lowest BCUT2D eigenvalue weighted by Crippen LogP contribution is -2.13. The lowest BCUT2D eigenvalue weighted by molar-refractivity contribution is 0.602. The van der Waals surface area contributed by atoms with E-state index in [0.29, 0.717) is 22.7 Å². The van der Waals surface area contributed by atoms with E-state index in [4.69, 9.17) is 0 Å². The third-order valence-corrected chi connectivity index (χ3v) is 6.10. The Bertz CT molecular complexity index is 777. The Balaban J connectivity index is 2.42. The largest absolute Gasteiger partial charge is 0.315 e. The van der Waals surface area contributed by atoms with Gasteiger partial charge in [-0.25, -0.2) is 8.42 Å². The topological polar surface area (TPSA) is 79.0 Å². The van der Waals surface area contributed by atoms with E-state index in [1.165, 1.54) is 0 Å². The van der Waals surface area contributed by atoms with Crippen molar-refractivity contribution in [2.75, 3.05) is 4.72 Å². The molecule has 0 saturated carbocycles. The zero-order chi connectivity index (χ0) is 14.2. The Morgan fingerprint density at radius 2 is 2.00 bits per heavy atom. The predicted molar refractivity (Wildman–Crippen MR) is 84.4 cm³/mol. The normalized spacial score (nSPS) is 11.5. The molecule has 0 fully saturated rings. The molecule has 5 nitrogen and oxygen atoms in total. The first-order valence-corrected chi connectivity index (χ1v) is 8.66. The van der Waals surface area contributed by atoms with Gasteiger partial charge in [0.1, 0.15) is 0 Å². The van der Waals surface area contributed by atoms with Crippen LogP contribution in [-0.2, 0) is 10.0 Å². The van der Waals surface area contributed by atoms with Crippen LogP contribution in [0.1, 0.15) is 11.3 Å². The summed E-state index contributed by atoms with van der Waals surface area (Å²) in [7, 11) is -3.72. The van der Waals surface area contributed by atoms with Crippen molar-refractivity contribution in [3.8, 4) is 0 Å². The van der Waals surface area contributed by atoms with Gasteiger partial charge in [0.2, 0.25) is 0 Å². The Labute approximate surface area is 128 Å². The number of aromatic amines is 1. The highest BCUT2D eigenvalue weighted by Crippen LogP contribution is 2.23. The average Bonchev–Trinajstić information content (AvgIpc) is 2.63. The van der Waals surface area contributed by atoms with Crippen molar-refractivity contribution < 1.29 is 8.42 Å². The Morgan fingerprint density at radius 3 is 2.53 bits per heavy atom. The molecular formula is C11H11IN2O3S2. The van der Waals surface area contributed by atoms with Gasteiger partial charge >= 0.3 is 4.87 Å². The number of rotatable bonds is 3. The summed E-state index contributed by atoms with van der Waals surface area (Å²) in [5.74, 6) is 0. The summed E-state index contributed by atoms with van der Waals surface area (Å²) in [6.07, 6.45) is 0. The fourth-order valence-corrected chi connectivity index (χ4v) is 4.66. The summed E-state index contributed by atoms with van der Waals surface area (Å²) >= 11 is 2.84. The molecule has 0 radical (unpaired) electrons. The number of benzene rings is 1. The Morgan fingerprint density at radius 1 is 1.32 bits per heavy atom. The molecule has 0 unspecified atom stereocenters. The lowest BCUT2D eigenvalue weighted by atomic mass is 10.2. The van der Waals surface area contributed by atoms with Crippen molar-refractivity contribution in [1.82, 2.24) is 4.98 Å². The van der Waals surface area contributed by atoms with Gasteiger partial charge in [-0.05, 0) is 60.2 Å². The number of anilines is 1. The van der Waals surface area contributed by atoms with Crippen molar-refractivity contribution in [2.24, 2.45) is 0 Å². The van der Waals surface area contributed by atoms with Crippen LogP contribution in [-0.4, -0.2) is 13.4 Å². The van der Waals surface area contributed by atoms with Gasteiger partial charge in [0.05, 0.1) is 5.69 Å². The van der Waals surface area contributed by atoms with Gasteiger partial charge in [0.15, 0.2) is 4.21 Å². The summed E-state index contributed by atoms with van der Waals surface area (Å²) in [6.45, 7) is 3.39. The van der Waals surface area contributed by atoms with E-state index in [0.717, 1.165) is 9.13 Å². The molecule has 0 saturated heterocycles. The molecule has 0 aliphatic heterocycles. The summed E-state index contributed by atoms with van der Waals surface area (Å²) in [5.41, 5.74) is 1.70. The van der Waals surface area contributed by atoms with E-state index < -0.39 is 10.0 Å². The highest BCUT2D eigenvalue weighted by atomic mass is 127. The predicted octanol–water partition coefficient (Wildman–Crippen LogP) is 2.46. The van der Waals surface area contributed by atoms with Gasteiger partial charge in [-0.2, -0.15) is 0 Å². The van der Waals surface area contributed by atoms with Gasteiger partial charge < -0.3 is 4.98 Å². The van der Waals surface area contributed by atoms with Crippen molar-refractivity contribution >= 4 is 49.6 Å². The van der Waals surface area contributed by atoms with Gasteiger partial charge in [0.25, 0.3) is 10.0 Å². The first-order valence-electron chi connectivity index (χ1n) is 5.28. The second kappa shape index (κ2) is 5.25. The molecule has 8 heteroatoms. The highest BCUT2D eigenvalue weighted by molar-refractivity contribution is 14.1. The number of halogens is 1. The first-order chi connectivity index (χ1) is 8.79. The first kappa shape index (κ1) is 14.5. The SMILES string of the molecule is Cc1cc(I)ccc1NS(=O)(=O)c1sc(=O)[nH]c1C. The molecule has 1 aromatic carbocycles. The molecule has 0 amide bonds. The molecule has 0 aliphatic carbocycles. The molecule has 2 N–H and O–H groups in total. The maximum atomic E-state index is 12.2. The minimum atomic E-state index is -3.72. The van der Waals surface area contributed by atoms with Crippen LogP contribution in [0.4, 0.5) is 5.69 Å². The molecule has 0 aliphatic rings. The van der Waals surface area contributed by atoms with E-state index in [2.05, 4.69) is 32.3 Å². The quantitative estimate of drug-likeness (QED) is 0.764. The molecule has 19 heavy (non-hydrogen) atoms. The number of thiazole rings is 1. The van der Waals surface area contributed by atoms with E-state index >= 15 is 0 Å². The van der Waals surface area contributed by atoms with Crippen LogP contribution in [0.15, 0.2) is 27.2 Å². The van der Waals surface area contributed by atoms with Crippen LogP contribution in [0.25, 0.3) is 0 Å². The van der Waals surface area contributed by atoms with E-state index in [-0.39, 0.29) is 9.08 Å². The molecular weight excluding hydrogens is 399 g/mol. The molecule has 0 bridgehead atoms. The van der Waals surface area contributed by atoms with Crippen molar-refractivity contribution in [3.63, 3.8) is 0 Å². The summed E-state index contributed by atoms with van der Waals surface area (Å²) < 4.78 is 28.0. The lowest BCUT2D eigenvalue weighted by Gasteiger charge is -2.09. The molecule has 0 atom stereocenters. The maximum Gasteiger partial charge on any atom is 0.306 e. The van der Waals surface area contributed by atoms with Gasteiger partial charge in [-0.1, -0.05) is 11.3 Å². The van der Waals surface area contributed by atoms with E-state index in [9.17, 15) is 13.2 Å². The van der Waals surface area contributed by atoms with Crippen LogP contribution in [0.2, 0.25) is 0 Å². The van der Waals surface area contributed by atoms with Crippen molar-refractivity contribution in [1.29, 1.82) is 0 Å². The number of hydrogen-bond acceptors (Lipinski definition) is 4. The van der Waals surface area contributed by atoms with Crippen LogP contribution in [0.5, 0.6) is 0 Å². The third kappa shape index (κ3) is 3.18. The van der Waals surface area contributed by atoms with Gasteiger partial charge in [0, 0.05) is 9.26 Å². The Hall–Kier alpha value is -0.870. The zero-order valence-electron chi connectivity index (χ0n) is 10.2. The van der Waals surface area contributed by atoms with Crippen LogP contribution < -0.4 is 9.60 Å². The fourth-order valence-electron chi connectivity index (χ4n) is 1.58. The summed E-state index contributed by atoms with van der Waals surface area (Å²) in [6, 6.07) is 5.40. The van der Waals surface area contributed by atoms with Crippen LogP contribution in [0, 0.1) is 17.4 Å². The number of H-pyrrole nitrogens is 1. The second-order valence-corrected chi connectivity index (χ2v) is 8.10. The monoisotopic (exact) mass is 410 g/mol. The fraction of sp³-hybridized carbons (Fsp3) is 0.182. The molecule has 1 heterocycles. The smallest absolute Gasteiger partial charge is 0.306 e. The van der Waals surface area contributed by atoms with Gasteiger partial charge in [-0.3, -0.25) is 9.52 Å². The second-order valence-electron chi connectivity index (χ2n) is 3.99. The number of aryl methyl sites for hydroxylation is 2. The van der Waals surface area contributed by atoms with Crippen LogP contribution in [0.3, 0.4) is 0 Å². The average molecular weight is 410 g/mol. The number of nitrogens with one attached hydrogen (secondary N) is 2. The standard InChI is InChI=1S/C11H11IN2O3S2/c1-6-5-8(12)3-4-9(6)14-19(16,17)10-7(2)13-11(15)18-10/h3-5,14H,1-2H3,(H,13,15). The zero-order valence-corrected chi connectivity index (χ0v) is 13.9. The van der Waals surface area contributed by atoms with Crippen LogP contribution >= 0.6 is 33.9 Å². The molecule has 0 spiro atoms. The molecule has 2 rings (SSSR count). The van der Waals surface area contributed by atoms with E-state index in [1.807, 2.05) is 19.1 Å². The minimum Gasteiger partial charge on any atom is -0.315 e. The number of hydrogen-bond donors (Lipinski definition) is 2. The molecule has 102 valence electrons. The number of sulfonamides is 1. The highest BCUT2D eigenvalue weighted by Gasteiger charge is 2.21. The van der Waals surface area contributed by atoms with Crippen molar-refractivity contribution in [2.45, 2.75) is 18.1 Å². The minimum absolute atomic E-state index is 0.0236. The third-order valence-electron chi connectivity index (χ3n) is 2.46. The summed E-state index contributed by atoms with van der Waals surface area (Å²) in [5, 5.41) is 0. The van der Waals surface area contributed by atoms with Gasteiger partial charge in [-0.15, -0.1) is 0 Å². The number of aromatic nitrogens is 1.